The Morgan fingerprint density at radius 2 is 0.529 bits per heavy atom. The summed E-state index contributed by atoms with van der Waals surface area (Å²) in [4.78, 5) is 0. The largest absolute Gasteiger partial charge is 4.00 e. The van der Waals surface area contributed by atoms with Gasteiger partial charge in [-0.15, -0.1) is 26.4 Å². The summed E-state index contributed by atoms with van der Waals surface area (Å²) >= 11 is 0. The molecule has 0 saturated carbocycles. The van der Waals surface area contributed by atoms with E-state index in [2.05, 4.69) is 0 Å². The summed E-state index contributed by atoms with van der Waals surface area (Å²) in [5.74, 6) is 0. The van der Waals surface area contributed by atoms with Gasteiger partial charge in [0.05, 0.1) is 0 Å². The third-order valence-corrected chi connectivity index (χ3v) is 0.471. The molecule has 0 rings (SSSR count). The molecule has 0 heterocycles. The standard InChI is InChI=1S/4C2H6NO.Ti/c4*3-1-2-4;/h4*1-3H2;/q4*-1;+4. The van der Waals surface area contributed by atoms with E-state index in [9.17, 15) is 20.4 Å². The number of nitrogens with two attached hydrogens (primary N) is 4. The van der Waals surface area contributed by atoms with Crippen LogP contribution in [0.4, 0.5) is 0 Å². The van der Waals surface area contributed by atoms with Gasteiger partial charge in [0.2, 0.25) is 0 Å². The average Bonchev–Trinajstić information content (AvgIpc) is 2.39. The van der Waals surface area contributed by atoms with E-state index in [1.807, 2.05) is 0 Å². The van der Waals surface area contributed by atoms with E-state index in [0.29, 0.717) is 0 Å². The van der Waals surface area contributed by atoms with Crippen molar-refractivity contribution >= 4 is 0 Å². The topological polar surface area (TPSA) is 196 Å². The molecule has 0 fully saturated rings. The van der Waals surface area contributed by atoms with Crippen LogP contribution in [-0.4, -0.2) is 52.6 Å². The summed E-state index contributed by atoms with van der Waals surface area (Å²) in [6.45, 7) is 0.444. The molecular formula is C8H24N4O4Ti. The Morgan fingerprint density at radius 3 is 0.529 bits per heavy atom. The third-order valence-electron chi connectivity index (χ3n) is 0.471. The van der Waals surface area contributed by atoms with Crippen molar-refractivity contribution in [3.05, 3.63) is 0 Å². The van der Waals surface area contributed by atoms with Gasteiger partial charge >= 0.3 is 21.7 Å². The van der Waals surface area contributed by atoms with Crippen molar-refractivity contribution in [1.82, 2.24) is 0 Å². The Labute approximate surface area is 118 Å². The number of rotatable bonds is 4. The van der Waals surface area contributed by atoms with Crippen molar-refractivity contribution in [2.45, 2.75) is 0 Å². The molecule has 0 bridgehead atoms. The maximum Gasteiger partial charge on any atom is 4.00 e. The van der Waals surface area contributed by atoms with Gasteiger partial charge < -0.3 is 43.4 Å². The molecule has 0 aromatic carbocycles. The number of hydrogen-bond donors (Lipinski definition) is 4. The summed E-state index contributed by atoms with van der Waals surface area (Å²) in [7, 11) is 0. The van der Waals surface area contributed by atoms with Crippen molar-refractivity contribution in [1.29, 1.82) is 0 Å². The first-order chi connectivity index (χ1) is 7.66. The molecule has 0 unspecified atom stereocenters. The molecule has 0 aliphatic rings. The van der Waals surface area contributed by atoms with E-state index in [1.54, 1.807) is 0 Å². The molecular weight excluding hydrogens is 264 g/mol. The van der Waals surface area contributed by atoms with E-state index in [1.165, 1.54) is 0 Å². The van der Waals surface area contributed by atoms with Gasteiger partial charge in [0.15, 0.2) is 0 Å². The second-order valence-corrected chi connectivity index (χ2v) is 1.97. The molecule has 104 valence electrons. The Balaban J connectivity index is -0.0000000369. The fourth-order valence-electron chi connectivity index (χ4n) is 0. The normalized spacial score (nSPS) is 7.06. The molecule has 8 N–H and O–H groups in total. The third kappa shape index (κ3) is 176. The molecule has 0 aliphatic carbocycles. The van der Waals surface area contributed by atoms with Crippen LogP contribution in [0.1, 0.15) is 0 Å². The molecule has 0 aromatic rings. The van der Waals surface area contributed by atoms with E-state index >= 15 is 0 Å². The Morgan fingerprint density at radius 1 is 0.471 bits per heavy atom. The Kier molecular flexibility index (Phi) is 98.7. The minimum absolute atomic E-state index is 0. The van der Waals surface area contributed by atoms with Gasteiger partial charge in [-0.1, -0.05) is 0 Å². The van der Waals surface area contributed by atoms with Gasteiger partial charge in [0, 0.05) is 0 Å². The molecule has 9 heteroatoms. The zero-order chi connectivity index (χ0) is 13.7. The first-order valence-corrected chi connectivity index (χ1v) is 4.79. The van der Waals surface area contributed by atoms with Gasteiger partial charge in [-0.25, -0.2) is 0 Å². The molecule has 0 amide bonds. The smallest absolute Gasteiger partial charge is 0.854 e. The SMILES string of the molecule is NCC[O-].NCC[O-].NCC[O-].NCC[O-].[Ti+4]. The van der Waals surface area contributed by atoms with Gasteiger partial charge in [-0.2, -0.15) is 0 Å². The summed E-state index contributed by atoms with van der Waals surface area (Å²) < 4.78 is 0. The zero-order valence-corrected chi connectivity index (χ0v) is 11.7. The maximum absolute atomic E-state index is 9.17. The van der Waals surface area contributed by atoms with E-state index in [-0.39, 0.29) is 74.3 Å². The van der Waals surface area contributed by atoms with E-state index < -0.39 is 0 Å². The van der Waals surface area contributed by atoms with Crippen LogP contribution < -0.4 is 43.4 Å². The first kappa shape index (κ1) is 30.4. The summed E-state index contributed by atoms with van der Waals surface area (Å²) in [5.41, 5.74) is 18.9. The Bertz CT molecular complexity index is 53.5. The molecule has 17 heavy (non-hydrogen) atoms. The molecule has 0 aliphatic heterocycles. The molecule has 0 radical (unpaired) electrons. The quantitative estimate of drug-likeness (QED) is 0.366. The van der Waals surface area contributed by atoms with Gasteiger partial charge in [0.1, 0.15) is 0 Å². The zero-order valence-electron chi connectivity index (χ0n) is 10.1. The molecule has 0 aromatic heterocycles. The van der Waals surface area contributed by atoms with E-state index in [0.717, 1.165) is 0 Å². The Hall–Kier alpha value is 0.394. The van der Waals surface area contributed by atoms with E-state index in [4.69, 9.17) is 22.9 Å². The van der Waals surface area contributed by atoms with Crippen molar-refractivity contribution in [3.63, 3.8) is 0 Å². The van der Waals surface area contributed by atoms with Crippen LogP contribution in [0, 0.1) is 0 Å². The second kappa shape index (κ2) is 55.1. The molecule has 8 nitrogen and oxygen atoms in total. The first-order valence-electron chi connectivity index (χ1n) is 4.79. The van der Waals surface area contributed by atoms with Gasteiger partial charge in [-0.05, 0) is 26.2 Å². The molecule has 0 saturated heterocycles. The van der Waals surface area contributed by atoms with Crippen LogP contribution in [0.2, 0.25) is 0 Å². The van der Waals surface area contributed by atoms with Crippen LogP contribution in [0.3, 0.4) is 0 Å². The van der Waals surface area contributed by atoms with Crippen molar-refractivity contribution in [2.75, 3.05) is 52.6 Å². The molecule has 0 atom stereocenters. The van der Waals surface area contributed by atoms with Crippen LogP contribution in [-0.2, 0) is 21.7 Å². The summed E-state index contributed by atoms with van der Waals surface area (Å²) in [6.07, 6.45) is 0. The maximum atomic E-state index is 9.17. The predicted molar refractivity (Wildman–Crippen MR) is 55.7 cm³/mol. The average molecular weight is 288 g/mol. The summed E-state index contributed by atoms with van der Waals surface area (Å²) in [5, 5.41) is 36.7. The summed E-state index contributed by atoms with van der Waals surface area (Å²) in [6, 6.07) is 0. The minimum atomic E-state index is -0.153. The van der Waals surface area contributed by atoms with Crippen molar-refractivity contribution in [3.8, 4) is 0 Å². The van der Waals surface area contributed by atoms with Crippen molar-refractivity contribution < 1.29 is 42.1 Å². The predicted octanol–water partition coefficient (Wildman–Crippen LogP) is -6.78. The second-order valence-electron chi connectivity index (χ2n) is 1.97. The van der Waals surface area contributed by atoms with Gasteiger partial charge in [-0.3, -0.25) is 0 Å². The van der Waals surface area contributed by atoms with Crippen LogP contribution in [0.25, 0.3) is 0 Å². The van der Waals surface area contributed by atoms with Crippen LogP contribution in [0.5, 0.6) is 0 Å². The minimum Gasteiger partial charge on any atom is -0.854 e. The van der Waals surface area contributed by atoms with Crippen LogP contribution in [0.15, 0.2) is 0 Å². The van der Waals surface area contributed by atoms with Crippen molar-refractivity contribution in [2.24, 2.45) is 22.9 Å². The van der Waals surface area contributed by atoms with Crippen LogP contribution >= 0.6 is 0 Å². The fourth-order valence-corrected chi connectivity index (χ4v) is 0. The monoisotopic (exact) mass is 288 g/mol. The van der Waals surface area contributed by atoms with Gasteiger partial charge in [0.25, 0.3) is 0 Å². The fraction of sp³-hybridized carbons (Fsp3) is 1.00. The number of hydrogen-bond acceptors (Lipinski definition) is 8. The molecule has 0 spiro atoms.